The molecule has 8 heteroatoms. The van der Waals surface area contributed by atoms with Crippen molar-refractivity contribution < 1.29 is 17.6 Å². The van der Waals surface area contributed by atoms with E-state index in [1.165, 1.54) is 28.6 Å². The molecule has 33 heavy (non-hydrogen) atoms. The van der Waals surface area contributed by atoms with Crippen LogP contribution in [0.4, 0.5) is 15.8 Å². The minimum absolute atomic E-state index is 0.0918. The zero-order valence-electron chi connectivity index (χ0n) is 18.4. The summed E-state index contributed by atoms with van der Waals surface area (Å²) < 4.78 is 41.1. The number of nitrogens with zero attached hydrogens (tertiary/aromatic N) is 2. The number of hydrogen-bond donors (Lipinski definition) is 1. The van der Waals surface area contributed by atoms with E-state index in [0.717, 1.165) is 23.4 Å². The maximum absolute atomic E-state index is 13.2. The Morgan fingerprint density at radius 2 is 1.64 bits per heavy atom. The van der Waals surface area contributed by atoms with Gasteiger partial charge in [-0.05, 0) is 60.5 Å². The quantitative estimate of drug-likeness (QED) is 0.591. The Balaban J connectivity index is 1.47. The highest BCUT2D eigenvalue weighted by Crippen LogP contribution is 2.23. The number of halogens is 1. The molecule has 0 saturated carbocycles. The van der Waals surface area contributed by atoms with Crippen LogP contribution in [-0.2, 0) is 16.4 Å². The van der Waals surface area contributed by atoms with Gasteiger partial charge in [0, 0.05) is 43.1 Å². The van der Waals surface area contributed by atoms with Crippen LogP contribution in [0.25, 0.3) is 0 Å². The number of anilines is 2. The summed E-state index contributed by atoms with van der Waals surface area (Å²) in [6.07, 6.45) is 0.773. The normalized spacial score (nSPS) is 14.8. The molecule has 1 aliphatic rings. The fourth-order valence-corrected chi connectivity index (χ4v) is 5.40. The number of carbonyl (C=O) groups excluding carboxylic acids is 1. The van der Waals surface area contributed by atoms with Crippen molar-refractivity contribution in [3.8, 4) is 0 Å². The van der Waals surface area contributed by atoms with Gasteiger partial charge in [-0.3, -0.25) is 4.79 Å². The smallest absolute Gasteiger partial charge is 0.255 e. The summed E-state index contributed by atoms with van der Waals surface area (Å²) >= 11 is 0. The van der Waals surface area contributed by atoms with E-state index in [9.17, 15) is 17.6 Å². The van der Waals surface area contributed by atoms with Crippen LogP contribution in [0.1, 0.15) is 22.8 Å². The highest BCUT2D eigenvalue weighted by Gasteiger charge is 2.29. The van der Waals surface area contributed by atoms with Crippen LogP contribution in [0.5, 0.6) is 0 Å². The molecule has 4 rings (SSSR count). The predicted octanol–water partition coefficient (Wildman–Crippen LogP) is 4.15. The molecule has 1 saturated heterocycles. The monoisotopic (exact) mass is 467 g/mol. The topological polar surface area (TPSA) is 69.7 Å². The van der Waals surface area contributed by atoms with Crippen LogP contribution in [0, 0.1) is 5.82 Å². The van der Waals surface area contributed by atoms with E-state index in [1.54, 1.807) is 24.3 Å². The van der Waals surface area contributed by atoms with Gasteiger partial charge >= 0.3 is 0 Å². The van der Waals surface area contributed by atoms with Gasteiger partial charge in [-0.25, -0.2) is 12.8 Å². The second-order valence-corrected chi connectivity index (χ2v) is 9.80. The summed E-state index contributed by atoms with van der Waals surface area (Å²) in [7, 11) is -3.75. The molecule has 0 aliphatic carbocycles. The first-order chi connectivity index (χ1) is 15.9. The van der Waals surface area contributed by atoms with Gasteiger partial charge in [0.15, 0.2) is 0 Å². The Morgan fingerprint density at radius 1 is 0.939 bits per heavy atom. The van der Waals surface area contributed by atoms with Crippen molar-refractivity contribution in [2.24, 2.45) is 0 Å². The number of piperazine rings is 1. The summed E-state index contributed by atoms with van der Waals surface area (Å²) in [6.45, 7) is 3.62. The molecule has 1 fully saturated rings. The van der Waals surface area contributed by atoms with Crippen molar-refractivity contribution in [2.75, 3.05) is 36.4 Å². The lowest BCUT2D eigenvalue weighted by Gasteiger charge is -2.35. The lowest BCUT2D eigenvalue weighted by atomic mass is 10.1. The number of nitrogens with one attached hydrogen (secondary N) is 1. The lowest BCUT2D eigenvalue weighted by molar-refractivity contribution is 0.102. The standard InChI is InChI=1S/C25H26FN3O3S/c1-2-19-6-3-4-9-24(19)27-25(30)20-7-5-8-23(18-20)33(31,32)29-16-14-28(15-17-29)22-12-10-21(26)11-13-22/h3-13,18H,2,14-17H2,1H3,(H,27,30). The molecule has 3 aromatic rings. The molecule has 0 unspecified atom stereocenters. The van der Waals surface area contributed by atoms with Gasteiger partial charge < -0.3 is 10.2 Å². The number of para-hydroxylation sites is 1. The second-order valence-electron chi connectivity index (χ2n) is 7.86. The summed E-state index contributed by atoms with van der Waals surface area (Å²) in [4.78, 5) is 14.9. The Kier molecular flexibility index (Phi) is 6.76. The van der Waals surface area contributed by atoms with Crippen LogP contribution in [-0.4, -0.2) is 44.8 Å². The number of benzene rings is 3. The van der Waals surface area contributed by atoms with E-state index in [4.69, 9.17) is 0 Å². The molecule has 0 bridgehead atoms. The summed E-state index contributed by atoms with van der Waals surface area (Å²) in [5.41, 5.74) is 2.87. The van der Waals surface area contributed by atoms with Crippen LogP contribution in [0.15, 0.2) is 77.7 Å². The molecule has 172 valence electrons. The van der Waals surface area contributed by atoms with E-state index < -0.39 is 10.0 Å². The number of rotatable bonds is 6. The van der Waals surface area contributed by atoms with E-state index in [2.05, 4.69) is 5.32 Å². The first-order valence-corrected chi connectivity index (χ1v) is 12.3. The summed E-state index contributed by atoms with van der Waals surface area (Å²) in [5.74, 6) is -0.656. The molecule has 1 aliphatic heterocycles. The molecule has 1 heterocycles. The molecule has 3 aromatic carbocycles. The summed E-state index contributed by atoms with van der Waals surface area (Å²) in [6, 6.07) is 19.8. The van der Waals surface area contributed by atoms with Crippen LogP contribution in [0.3, 0.4) is 0 Å². The van der Waals surface area contributed by atoms with Gasteiger partial charge in [0.2, 0.25) is 10.0 Å². The molecule has 6 nitrogen and oxygen atoms in total. The average molecular weight is 468 g/mol. The van der Waals surface area contributed by atoms with E-state index in [-0.39, 0.29) is 22.2 Å². The van der Waals surface area contributed by atoms with Gasteiger partial charge in [-0.15, -0.1) is 0 Å². The predicted molar refractivity (Wildman–Crippen MR) is 128 cm³/mol. The van der Waals surface area contributed by atoms with Crippen molar-refractivity contribution in [1.29, 1.82) is 0 Å². The highest BCUT2D eigenvalue weighted by molar-refractivity contribution is 7.89. The van der Waals surface area contributed by atoms with Crippen LogP contribution >= 0.6 is 0 Å². The molecule has 1 amide bonds. The minimum Gasteiger partial charge on any atom is -0.369 e. The maximum atomic E-state index is 13.2. The number of amides is 1. The molecular weight excluding hydrogens is 441 g/mol. The van der Waals surface area contributed by atoms with E-state index in [0.29, 0.717) is 26.2 Å². The van der Waals surface area contributed by atoms with Gasteiger partial charge in [0.05, 0.1) is 4.90 Å². The van der Waals surface area contributed by atoms with Gasteiger partial charge in [-0.2, -0.15) is 4.31 Å². The van der Waals surface area contributed by atoms with Crippen molar-refractivity contribution >= 4 is 27.3 Å². The molecular formula is C25H26FN3O3S. The number of carbonyl (C=O) groups is 1. The number of aryl methyl sites for hydroxylation is 1. The molecule has 0 spiro atoms. The van der Waals surface area contributed by atoms with Crippen molar-refractivity contribution in [2.45, 2.75) is 18.2 Å². The van der Waals surface area contributed by atoms with Crippen molar-refractivity contribution in [1.82, 2.24) is 4.31 Å². The average Bonchev–Trinajstić information content (AvgIpc) is 2.85. The Labute approximate surface area is 193 Å². The third kappa shape index (κ3) is 5.07. The molecule has 0 atom stereocenters. The first kappa shape index (κ1) is 22.9. The second kappa shape index (κ2) is 9.72. The highest BCUT2D eigenvalue weighted by atomic mass is 32.2. The van der Waals surface area contributed by atoms with Gasteiger partial charge in [0.1, 0.15) is 5.82 Å². The van der Waals surface area contributed by atoms with Crippen LogP contribution in [0.2, 0.25) is 0 Å². The zero-order valence-corrected chi connectivity index (χ0v) is 19.2. The summed E-state index contributed by atoms with van der Waals surface area (Å²) in [5, 5.41) is 2.88. The fourth-order valence-electron chi connectivity index (χ4n) is 3.93. The zero-order chi connectivity index (χ0) is 23.4. The van der Waals surface area contributed by atoms with Gasteiger partial charge in [-0.1, -0.05) is 31.2 Å². The molecule has 0 radical (unpaired) electrons. The third-order valence-electron chi connectivity index (χ3n) is 5.81. The van der Waals surface area contributed by atoms with E-state index in [1.807, 2.05) is 36.1 Å². The van der Waals surface area contributed by atoms with Crippen molar-refractivity contribution in [3.05, 3.63) is 89.7 Å². The Morgan fingerprint density at radius 3 is 2.33 bits per heavy atom. The van der Waals surface area contributed by atoms with E-state index >= 15 is 0 Å². The molecule has 1 N–H and O–H groups in total. The lowest BCUT2D eigenvalue weighted by Crippen LogP contribution is -2.48. The largest absolute Gasteiger partial charge is 0.369 e. The minimum atomic E-state index is -3.75. The third-order valence-corrected chi connectivity index (χ3v) is 7.71. The number of sulfonamides is 1. The van der Waals surface area contributed by atoms with Gasteiger partial charge in [0.25, 0.3) is 5.91 Å². The van der Waals surface area contributed by atoms with Crippen LogP contribution < -0.4 is 10.2 Å². The SMILES string of the molecule is CCc1ccccc1NC(=O)c1cccc(S(=O)(=O)N2CCN(c3ccc(F)cc3)CC2)c1. The Hall–Kier alpha value is -3.23. The Bertz CT molecular complexity index is 1240. The first-order valence-electron chi connectivity index (χ1n) is 10.9. The van der Waals surface area contributed by atoms with Crippen molar-refractivity contribution in [3.63, 3.8) is 0 Å². The maximum Gasteiger partial charge on any atom is 0.255 e. The fraction of sp³-hybridized carbons (Fsp3) is 0.240. The molecule has 0 aromatic heterocycles. The number of hydrogen-bond acceptors (Lipinski definition) is 4.